The Morgan fingerprint density at radius 2 is 2.00 bits per heavy atom. The van der Waals surface area contributed by atoms with Crippen LogP contribution in [0, 0.1) is 18.7 Å². The van der Waals surface area contributed by atoms with Gasteiger partial charge >= 0.3 is 0 Å². The van der Waals surface area contributed by atoms with Crippen molar-refractivity contribution in [1.82, 2.24) is 4.57 Å². The van der Waals surface area contributed by atoms with Crippen molar-refractivity contribution in [2.75, 3.05) is 36.6 Å². The number of pyridine rings is 1. The summed E-state index contributed by atoms with van der Waals surface area (Å²) in [6, 6.07) is 3.03. The molecule has 0 spiro atoms. The first kappa shape index (κ1) is 23.0. The second-order valence-electron chi connectivity index (χ2n) is 9.36. The number of ether oxygens (including phenoxy) is 1. The number of fused-ring (bicyclic) bond motifs is 1. The lowest BCUT2D eigenvalue weighted by atomic mass is 10.0. The van der Waals surface area contributed by atoms with E-state index in [-0.39, 0.29) is 35.8 Å². The number of rotatable bonds is 8. The highest BCUT2D eigenvalue weighted by Gasteiger charge is 2.32. The van der Waals surface area contributed by atoms with E-state index in [0.717, 1.165) is 31.4 Å². The first-order valence-corrected chi connectivity index (χ1v) is 13.3. The number of aryl methyl sites for hydroxylation is 1. The summed E-state index contributed by atoms with van der Waals surface area (Å²) >= 11 is 0. The third-order valence-corrected chi connectivity index (χ3v) is 7.60. The number of aromatic nitrogens is 1. The molecule has 4 rings (SSSR count). The summed E-state index contributed by atoms with van der Waals surface area (Å²) in [5, 5.41) is 0.553. The van der Waals surface area contributed by atoms with E-state index in [2.05, 4.69) is 0 Å². The first-order chi connectivity index (χ1) is 15.1. The Morgan fingerprint density at radius 3 is 2.59 bits per heavy atom. The Kier molecular flexibility index (Phi) is 6.24. The minimum atomic E-state index is -3.10. The molecule has 1 aliphatic heterocycles. The van der Waals surface area contributed by atoms with Crippen molar-refractivity contribution >= 4 is 26.4 Å². The molecule has 1 saturated heterocycles. The van der Waals surface area contributed by atoms with Crippen LogP contribution in [0.5, 0.6) is 5.75 Å². The molecule has 1 saturated carbocycles. The second-order valence-corrected chi connectivity index (χ2v) is 11.6. The van der Waals surface area contributed by atoms with Crippen LogP contribution in [-0.2, 0) is 9.84 Å². The molecule has 176 valence electrons. The molecule has 2 aromatic rings. The molecule has 2 N–H and O–H groups in total. The highest BCUT2D eigenvalue weighted by Crippen LogP contribution is 2.42. The van der Waals surface area contributed by atoms with Gasteiger partial charge in [-0.3, -0.25) is 4.79 Å². The largest absolute Gasteiger partial charge is 0.493 e. The van der Waals surface area contributed by atoms with Crippen LogP contribution in [0.1, 0.15) is 44.2 Å². The Balaban J connectivity index is 1.76. The van der Waals surface area contributed by atoms with Crippen molar-refractivity contribution in [3.8, 4) is 5.75 Å². The van der Waals surface area contributed by atoms with Gasteiger partial charge in [0.2, 0.25) is 0 Å². The first-order valence-electron chi connectivity index (χ1n) is 11.3. The molecule has 7 nitrogen and oxygen atoms in total. The van der Waals surface area contributed by atoms with Gasteiger partial charge in [0.15, 0.2) is 0 Å². The van der Waals surface area contributed by atoms with E-state index in [0.29, 0.717) is 41.2 Å². The van der Waals surface area contributed by atoms with Crippen LogP contribution >= 0.6 is 0 Å². The smallest absolute Gasteiger partial charge is 0.255 e. The van der Waals surface area contributed by atoms with E-state index in [1.54, 1.807) is 4.57 Å². The molecule has 0 amide bonds. The molecular weight excluding hydrogens is 433 g/mol. The van der Waals surface area contributed by atoms with Gasteiger partial charge in [0.05, 0.1) is 23.6 Å². The van der Waals surface area contributed by atoms with Crippen LogP contribution < -0.4 is 20.9 Å². The molecule has 1 aliphatic carbocycles. The molecule has 1 aromatic heterocycles. The van der Waals surface area contributed by atoms with Crippen LogP contribution in [0.2, 0.25) is 0 Å². The fraction of sp³-hybridized carbons (Fsp3) is 0.609. The Morgan fingerprint density at radius 1 is 1.28 bits per heavy atom. The molecule has 2 heterocycles. The lowest BCUT2D eigenvalue weighted by Gasteiger charge is -2.25. The number of halogens is 1. The molecule has 32 heavy (non-hydrogen) atoms. The van der Waals surface area contributed by atoms with E-state index in [4.69, 9.17) is 10.5 Å². The number of hydrogen-bond acceptors (Lipinski definition) is 6. The van der Waals surface area contributed by atoms with Crippen molar-refractivity contribution in [2.45, 2.75) is 51.6 Å². The summed E-state index contributed by atoms with van der Waals surface area (Å²) in [6.45, 7) is 5.41. The maximum Gasteiger partial charge on any atom is 0.255 e. The van der Waals surface area contributed by atoms with Gasteiger partial charge in [0.1, 0.15) is 21.4 Å². The second kappa shape index (κ2) is 8.67. The summed E-state index contributed by atoms with van der Waals surface area (Å²) in [7, 11) is -3.10. The molecule has 1 aromatic carbocycles. The van der Waals surface area contributed by atoms with Crippen LogP contribution in [0.15, 0.2) is 16.9 Å². The fourth-order valence-electron chi connectivity index (χ4n) is 4.75. The van der Waals surface area contributed by atoms with Gasteiger partial charge < -0.3 is 19.9 Å². The van der Waals surface area contributed by atoms with Crippen molar-refractivity contribution in [2.24, 2.45) is 11.7 Å². The van der Waals surface area contributed by atoms with Crippen LogP contribution in [0.3, 0.4) is 0 Å². The standard InChI is InChI=1S/C23H32FN3O4S/c1-14-22-18(11-19(24)23(14)26-8-7-16(13-26)15(2)25)20(31-9-4-10-32(3,29)30)12-21(28)27(22)17-5-6-17/h11-12,15-17H,4-10,13,25H2,1-3H3/t15-,16+/m0/s1. The third kappa shape index (κ3) is 4.64. The quantitative estimate of drug-likeness (QED) is 0.603. The minimum absolute atomic E-state index is 0.00268. The number of hydrogen-bond donors (Lipinski definition) is 1. The Hall–Kier alpha value is -2.13. The average Bonchev–Trinajstić information content (AvgIpc) is 3.41. The summed E-state index contributed by atoms with van der Waals surface area (Å²) in [6.07, 6.45) is 4.23. The lowest BCUT2D eigenvalue weighted by molar-refractivity contribution is 0.320. The predicted molar refractivity (Wildman–Crippen MR) is 125 cm³/mol. The molecule has 2 fully saturated rings. The normalized spacial score (nSPS) is 20.2. The summed E-state index contributed by atoms with van der Waals surface area (Å²) in [5.41, 5.74) is 7.88. The molecule has 2 aliphatic rings. The lowest BCUT2D eigenvalue weighted by Crippen LogP contribution is -2.30. The van der Waals surface area contributed by atoms with Gasteiger partial charge in [0.25, 0.3) is 5.56 Å². The maximum absolute atomic E-state index is 15.4. The van der Waals surface area contributed by atoms with Crippen LogP contribution in [0.25, 0.3) is 10.9 Å². The highest BCUT2D eigenvalue weighted by atomic mass is 32.2. The topological polar surface area (TPSA) is 94.6 Å². The summed E-state index contributed by atoms with van der Waals surface area (Å²) in [5.74, 6) is 0.262. The van der Waals surface area contributed by atoms with E-state index < -0.39 is 9.84 Å². The van der Waals surface area contributed by atoms with Crippen molar-refractivity contribution in [3.63, 3.8) is 0 Å². The molecular formula is C23H32FN3O4S. The van der Waals surface area contributed by atoms with Crippen molar-refractivity contribution in [3.05, 3.63) is 33.9 Å². The van der Waals surface area contributed by atoms with E-state index in [1.165, 1.54) is 18.4 Å². The Labute approximate surface area is 188 Å². The minimum Gasteiger partial charge on any atom is -0.493 e. The Bertz CT molecular complexity index is 1190. The summed E-state index contributed by atoms with van der Waals surface area (Å²) in [4.78, 5) is 15.0. The third-order valence-electron chi connectivity index (χ3n) is 6.57. The van der Waals surface area contributed by atoms with Gasteiger partial charge in [-0.05, 0) is 57.1 Å². The summed E-state index contributed by atoms with van der Waals surface area (Å²) < 4.78 is 45.8. The number of nitrogens with zero attached hydrogens (tertiary/aromatic N) is 2. The van der Waals surface area contributed by atoms with Crippen LogP contribution in [-0.4, -0.2) is 50.7 Å². The average molecular weight is 466 g/mol. The van der Waals surface area contributed by atoms with Gasteiger partial charge in [-0.2, -0.15) is 0 Å². The molecule has 0 radical (unpaired) electrons. The van der Waals surface area contributed by atoms with Gasteiger partial charge in [-0.15, -0.1) is 0 Å². The van der Waals surface area contributed by atoms with Crippen LogP contribution in [0.4, 0.5) is 10.1 Å². The predicted octanol–water partition coefficient (Wildman–Crippen LogP) is 2.77. The van der Waals surface area contributed by atoms with Crippen molar-refractivity contribution in [1.29, 1.82) is 0 Å². The maximum atomic E-state index is 15.4. The SMILES string of the molecule is Cc1c(N2CC[C@@H]([C@H](C)N)C2)c(F)cc2c(OCCCS(C)(=O)=O)cc(=O)n(C3CC3)c12. The number of anilines is 1. The molecule has 2 atom stereocenters. The molecule has 9 heteroatoms. The van der Waals surface area contributed by atoms with Gasteiger partial charge in [-0.1, -0.05) is 0 Å². The monoisotopic (exact) mass is 465 g/mol. The van der Waals surface area contributed by atoms with Gasteiger partial charge in [0, 0.05) is 42.9 Å². The zero-order chi connectivity index (χ0) is 23.2. The number of sulfone groups is 1. The fourth-order valence-corrected chi connectivity index (χ4v) is 5.39. The number of benzene rings is 1. The zero-order valence-corrected chi connectivity index (χ0v) is 19.8. The van der Waals surface area contributed by atoms with Gasteiger partial charge in [-0.25, -0.2) is 12.8 Å². The van der Waals surface area contributed by atoms with E-state index in [1.807, 2.05) is 18.7 Å². The number of nitrogens with two attached hydrogens (primary N) is 1. The zero-order valence-electron chi connectivity index (χ0n) is 18.9. The van der Waals surface area contributed by atoms with Crippen molar-refractivity contribution < 1.29 is 17.5 Å². The molecule has 0 bridgehead atoms. The molecule has 0 unspecified atom stereocenters. The highest BCUT2D eigenvalue weighted by molar-refractivity contribution is 7.90. The van der Waals surface area contributed by atoms with E-state index in [9.17, 15) is 13.2 Å². The van der Waals surface area contributed by atoms with E-state index >= 15 is 4.39 Å².